The molecule has 0 saturated carbocycles. The van der Waals surface area contributed by atoms with Crippen LogP contribution < -0.4 is 0 Å². The topological polar surface area (TPSA) is 0 Å². The standard InChI is InChI=1S/CBrI3/c2-1(3,4)5. The lowest BCUT2D eigenvalue weighted by Gasteiger charge is -1.94. The lowest BCUT2D eigenvalue weighted by Crippen LogP contribution is -1.74. The van der Waals surface area contributed by atoms with Gasteiger partial charge in [-0.05, 0) is 67.8 Å². The summed E-state index contributed by atoms with van der Waals surface area (Å²) in [4.78, 5) is 0. The van der Waals surface area contributed by atoms with E-state index in [0.29, 0.717) is 0 Å². The summed E-state index contributed by atoms with van der Waals surface area (Å²) in [5.41, 5.74) is 0. The Balaban J connectivity index is 3.02. The fraction of sp³-hybridized carbons (Fsp3) is 1.00. The normalized spacial score (nSPS) is 12.0. The van der Waals surface area contributed by atoms with Gasteiger partial charge in [0.2, 0.25) is 0 Å². The Kier molecular flexibility index (Phi) is 4.38. The van der Waals surface area contributed by atoms with Crippen molar-refractivity contribution in [1.82, 2.24) is 0 Å². The zero-order valence-corrected chi connectivity index (χ0v) is 10.1. The van der Waals surface area contributed by atoms with Gasteiger partial charge < -0.3 is 0 Å². The van der Waals surface area contributed by atoms with Crippen LogP contribution in [0, 0.1) is 0 Å². The van der Waals surface area contributed by atoms with Gasteiger partial charge >= 0.3 is 0 Å². The van der Waals surface area contributed by atoms with Gasteiger partial charge in [0.1, 0.15) is 0 Å². The molecule has 0 heterocycles. The molecule has 0 aliphatic heterocycles. The van der Waals surface area contributed by atoms with Crippen LogP contribution >= 0.6 is 83.7 Å². The Labute approximate surface area is 80.4 Å². The first-order valence-corrected chi connectivity index (χ1v) is 4.79. The summed E-state index contributed by atoms with van der Waals surface area (Å²) < 4.78 is 0.222. The highest BCUT2D eigenvalue weighted by Gasteiger charge is 2.07. The largest absolute Gasteiger partial charge is 0.177 e. The zero-order chi connectivity index (χ0) is 4.50. The molecule has 32 valence electrons. The van der Waals surface area contributed by atoms with Crippen LogP contribution in [0.1, 0.15) is 0 Å². The second-order valence-corrected chi connectivity index (χ2v) is 17.1. The predicted molar refractivity (Wildman–Crippen MR) is 53.7 cm³/mol. The molecule has 0 rings (SSSR count). The minimum absolute atomic E-state index is 0.222. The maximum absolute atomic E-state index is 3.34. The van der Waals surface area contributed by atoms with Crippen molar-refractivity contribution in [3.05, 3.63) is 0 Å². The number of rotatable bonds is 0. The molecule has 0 bridgehead atoms. The van der Waals surface area contributed by atoms with Gasteiger partial charge in [-0.1, -0.05) is 15.9 Å². The molecule has 0 aromatic carbocycles. The number of hydrogen-bond donors (Lipinski definition) is 0. The van der Waals surface area contributed by atoms with E-state index in [1.54, 1.807) is 0 Å². The van der Waals surface area contributed by atoms with Crippen LogP contribution in [0.3, 0.4) is 0 Å². The minimum Gasteiger partial charge on any atom is -0.0502 e. The predicted octanol–water partition coefficient (Wildman–Crippen LogP) is 3.30. The Morgan fingerprint density at radius 2 is 1.20 bits per heavy atom. The van der Waals surface area contributed by atoms with Crippen molar-refractivity contribution in [1.29, 1.82) is 0 Å². The molecule has 0 aromatic heterocycles. The second-order valence-electron chi connectivity index (χ2n) is 0.429. The SMILES string of the molecule is BrC(I)(I)I. The molecule has 0 spiro atoms. The fourth-order valence-corrected chi connectivity index (χ4v) is 0. The summed E-state index contributed by atoms with van der Waals surface area (Å²) >= 11 is 10.1. The van der Waals surface area contributed by atoms with E-state index in [2.05, 4.69) is 83.7 Å². The third-order valence-corrected chi connectivity index (χ3v) is 0. The number of hydrogen-bond acceptors (Lipinski definition) is 0. The first kappa shape index (κ1) is 7.67. The molecular weight excluding hydrogens is 473 g/mol. The summed E-state index contributed by atoms with van der Waals surface area (Å²) in [7, 11) is 0. The molecule has 0 aliphatic carbocycles. The molecule has 0 atom stereocenters. The van der Waals surface area contributed by atoms with E-state index in [-0.39, 0.29) is -1.66 Å². The second kappa shape index (κ2) is 2.85. The van der Waals surface area contributed by atoms with E-state index >= 15 is 0 Å². The number of halogens is 4. The average molecular weight is 473 g/mol. The zero-order valence-electron chi connectivity index (χ0n) is 2.01. The van der Waals surface area contributed by atoms with Crippen molar-refractivity contribution in [3.63, 3.8) is 0 Å². The van der Waals surface area contributed by atoms with Crippen LogP contribution in [-0.2, 0) is 0 Å². The summed E-state index contributed by atoms with van der Waals surface area (Å²) in [6.07, 6.45) is 0. The van der Waals surface area contributed by atoms with E-state index in [9.17, 15) is 0 Å². The van der Waals surface area contributed by atoms with Gasteiger partial charge in [0, 0.05) is 0 Å². The van der Waals surface area contributed by atoms with Crippen LogP contribution in [0.15, 0.2) is 0 Å². The van der Waals surface area contributed by atoms with Gasteiger partial charge in [-0.2, -0.15) is 0 Å². The van der Waals surface area contributed by atoms with Crippen molar-refractivity contribution in [2.45, 2.75) is -1.66 Å². The van der Waals surface area contributed by atoms with Gasteiger partial charge in [-0.15, -0.1) is 0 Å². The van der Waals surface area contributed by atoms with Crippen molar-refractivity contribution in [3.8, 4) is 0 Å². The molecule has 4 heteroatoms. The van der Waals surface area contributed by atoms with Gasteiger partial charge in [-0.3, -0.25) is 0 Å². The highest BCUT2D eigenvalue weighted by atomic mass is 127. The molecule has 0 aliphatic rings. The van der Waals surface area contributed by atoms with Crippen LogP contribution in [0.5, 0.6) is 0 Å². The molecule has 0 N–H and O–H groups in total. The Hall–Kier alpha value is 2.67. The van der Waals surface area contributed by atoms with Crippen molar-refractivity contribution in [2.75, 3.05) is 0 Å². The summed E-state index contributed by atoms with van der Waals surface area (Å²) in [5, 5.41) is 0. The van der Waals surface area contributed by atoms with Crippen LogP contribution in [0.25, 0.3) is 0 Å². The summed E-state index contributed by atoms with van der Waals surface area (Å²) in [6, 6.07) is 0. The van der Waals surface area contributed by atoms with Crippen molar-refractivity contribution >= 4 is 83.7 Å². The minimum atomic E-state index is 0.222. The van der Waals surface area contributed by atoms with Crippen LogP contribution in [0.4, 0.5) is 0 Å². The highest BCUT2D eigenvalue weighted by Crippen LogP contribution is 2.41. The van der Waals surface area contributed by atoms with Crippen LogP contribution in [-0.4, -0.2) is -1.66 Å². The summed E-state index contributed by atoms with van der Waals surface area (Å²) in [6.45, 7) is 0. The highest BCUT2D eigenvalue weighted by molar-refractivity contribution is 14.3. The Bertz CT molecular complexity index is 22.4. The lowest BCUT2D eigenvalue weighted by atomic mass is 12.0. The van der Waals surface area contributed by atoms with Gasteiger partial charge in [-0.25, -0.2) is 0 Å². The quantitative estimate of drug-likeness (QED) is 0.375. The monoisotopic (exact) mass is 472 g/mol. The van der Waals surface area contributed by atoms with Gasteiger partial charge in [0.05, 0.1) is 0 Å². The average Bonchev–Trinajstić information content (AvgIpc) is 0.722. The fourth-order valence-electron chi connectivity index (χ4n) is 0. The van der Waals surface area contributed by atoms with E-state index in [1.807, 2.05) is 0 Å². The molecule has 0 nitrogen and oxygen atoms in total. The van der Waals surface area contributed by atoms with Crippen molar-refractivity contribution < 1.29 is 0 Å². The Morgan fingerprint density at radius 3 is 1.20 bits per heavy atom. The molecule has 0 saturated heterocycles. The smallest absolute Gasteiger partial charge is 0.0502 e. The molecule has 0 fully saturated rings. The number of alkyl halides is 4. The van der Waals surface area contributed by atoms with E-state index in [0.717, 1.165) is 0 Å². The molecule has 0 unspecified atom stereocenters. The maximum Gasteiger partial charge on any atom is 0.177 e. The van der Waals surface area contributed by atoms with E-state index in [4.69, 9.17) is 0 Å². The molecular formula is CBrI3. The third-order valence-electron chi connectivity index (χ3n) is 0. The molecule has 0 aromatic rings. The summed E-state index contributed by atoms with van der Waals surface area (Å²) in [5.74, 6) is 0. The maximum atomic E-state index is 3.34. The van der Waals surface area contributed by atoms with Gasteiger partial charge in [0.15, 0.2) is -1.66 Å². The lowest BCUT2D eigenvalue weighted by molar-refractivity contribution is 2.32. The van der Waals surface area contributed by atoms with Gasteiger partial charge in [0.25, 0.3) is 0 Å². The first-order chi connectivity index (χ1) is 2.00. The van der Waals surface area contributed by atoms with Crippen LogP contribution in [0.2, 0.25) is 0 Å². The molecule has 0 radical (unpaired) electrons. The van der Waals surface area contributed by atoms with E-state index in [1.165, 1.54) is 0 Å². The molecule has 0 amide bonds. The molecule has 5 heavy (non-hydrogen) atoms. The van der Waals surface area contributed by atoms with Crippen molar-refractivity contribution in [2.24, 2.45) is 0 Å². The first-order valence-electron chi connectivity index (χ1n) is 0.756. The third kappa shape index (κ3) is 20.4. The van der Waals surface area contributed by atoms with E-state index < -0.39 is 0 Å². The Morgan fingerprint density at radius 1 is 1.20 bits per heavy atom.